The number of rotatable bonds is 6. The van der Waals surface area contributed by atoms with E-state index in [1.807, 2.05) is 30.0 Å². The molecule has 0 radical (unpaired) electrons. The zero-order valence-corrected chi connectivity index (χ0v) is 26.6. The van der Waals surface area contributed by atoms with Gasteiger partial charge in [0.2, 0.25) is 11.8 Å². The van der Waals surface area contributed by atoms with E-state index in [1.165, 1.54) is 54.8 Å². The summed E-state index contributed by atoms with van der Waals surface area (Å²) < 4.78 is 0. The lowest BCUT2D eigenvalue weighted by atomic mass is 9.72. The van der Waals surface area contributed by atoms with Crippen molar-refractivity contribution >= 4 is 46.7 Å². The molecule has 0 aromatic heterocycles. The first-order valence-corrected chi connectivity index (χ1v) is 17.0. The number of carbonyl (C=O) groups is 3. The lowest BCUT2D eigenvalue weighted by Crippen LogP contribution is -2.52. The number of piperidine rings is 1. The van der Waals surface area contributed by atoms with E-state index in [1.54, 1.807) is 10.5 Å². The second-order valence-electron chi connectivity index (χ2n) is 14.1. The molecule has 6 nitrogen and oxygen atoms in total. The summed E-state index contributed by atoms with van der Waals surface area (Å²) in [4.78, 5) is 42.6. The Kier molecular flexibility index (Phi) is 7.71. The van der Waals surface area contributed by atoms with Crippen LogP contribution in [0.2, 0.25) is 5.02 Å². The van der Waals surface area contributed by atoms with Crippen LogP contribution in [0.1, 0.15) is 80.3 Å². The molecule has 43 heavy (non-hydrogen) atoms. The fourth-order valence-corrected chi connectivity index (χ4v) is 9.67. The standard InChI is InChI=1S/C35H40ClN3O3S/c1-35(2)12-11-22(30(16-35)21-3-5-26(36)6-4-21)17-38-18-23-13-28(14-24(23)19-38)43-27-7-8-29-25(15-27)20-39(34(29)42)31-9-10-32(40)37-33(31)41/h3-8,15,23-24,28,31H,9-14,16-20H2,1-2H3,(H,37,40,41). The Morgan fingerprint density at radius 3 is 2.47 bits per heavy atom. The van der Waals surface area contributed by atoms with E-state index in [4.69, 9.17) is 11.6 Å². The molecule has 3 unspecified atom stereocenters. The molecule has 3 aliphatic heterocycles. The van der Waals surface area contributed by atoms with Crippen LogP contribution in [0, 0.1) is 17.3 Å². The summed E-state index contributed by atoms with van der Waals surface area (Å²) in [6.07, 6.45) is 6.69. The molecule has 1 saturated carbocycles. The molecule has 5 aliphatic rings. The maximum Gasteiger partial charge on any atom is 0.255 e. The Hall–Kier alpha value is -2.61. The lowest BCUT2D eigenvalue weighted by Gasteiger charge is -2.35. The van der Waals surface area contributed by atoms with E-state index in [-0.39, 0.29) is 24.1 Å². The third-order valence-corrected chi connectivity index (χ3v) is 11.9. The fraction of sp³-hybridized carbons (Fsp3) is 0.514. The topological polar surface area (TPSA) is 69.7 Å². The largest absolute Gasteiger partial charge is 0.322 e. The summed E-state index contributed by atoms with van der Waals surface area (Å²) >= 11 is 8.16. The molecule has 3 atom stereocenters. The summed E-state index contributed by atoms with van der Waals surface area (Å²) in [5.41, 5.74) is 6.49. The van der Waals surface area contributed by atoms with Crippen LogP contribution in [0.15, 0.2) is 52.9 Å². The van der Waals surface area contributed by atoms with Crippen molar-refractivity contribution in [3.05, 3.63) is 69.8 Å². The van der Waals surface area contributed by atoms with Gasteiger partial charge in [0.05, 0.1) is 0 Å². The fourth-order valence-electron chi connectivity index (χ4n) is 8.12. The molecule has 0 spiro atoms. The van der Waals surface area contributed by atoms with Crippen LogP contribution in [0.3, 0.4) is 0 Å². The summed E-state index contributed by atoms with van der Waals surface area (Å²) in [6, 6.07) is 14.0. The van der Waals surface area contributed by atoms with Crippen molar-refractivity contribution in [3.63, 3.8) is 0 Å². The van der Waals surface area contributed by atoms with Crippen LogP contribution < -0.4 is 5.32 Å². The molecular weight excluding hydrogens is 578 g/mol. The van der Waals surface area contributed by atoms with Crippen LogP contribution in [-0.4, -0.2) is 58.4 Å². The van der Waals surface area contributed by atoms with E-state index < -0.39 is 6.04 Å². The number of hydrogen-bond donors (Lipinski definition) is 1. The summed E-state index contributed by atoms with van der Waals surface area (Å²) in [7, 11) is 0. The summed E-state index contributed by atoms with van der Waals surface area (Å²) in [5, 5.41) is 3.78. The van der Waals surface area contributed by atoms with Gasteiger partial charge in [-0.1, -0.05) is 43.2 Å². The number of fused-ring (bicyclic) bond motifs is 2. The number of benzene rings is 2. The normalized spacial score (nSPS) is 28.8. The third kappa shape index (κ3) is 5.93. The quantitative estimate of drug-likeness (QED) is 0.372. The zero-order valence-electron chi connectivity index (χ0n) is 25.0. The Labute approximate surface area is 263 Å². The minimum Gasteiger partial charge on any atom is -0.322 e. The van der Waals surface area contributed by atoms with Gasteiger partial charge in [0.25, 0.3) is 5.91 Å². The van der Waals surface area contributed by atoms with Gasteiger partial charge in [-0.2, -0.15) is 0 Å². The van der Waals surface area contributed by atoms with Gasteiger partial charge in [0.15, 0.2) is 0 Å². The van der Waals surface area contributed by atoms with Gasteiger partial charge in [-0.05, 0) is 103 Å². The van der Waals surface area contributed by atoms with Crippen molar-refractivity contribution in [2.24, 2.45) is 17.3 Å². The van der Waals surface area contributed by atoms with Gasteiger partial charge in [-0.15, -0.1) is 11.8 Å². The van der Waals surface area contributed by atoms with Crippen molar-refractivity contribution in [2.75, 3.05) is 19.6 Å². The molecule has 2 aromatic rings. The summed E-state index contributed by atoms with van der Waals surface area (Å²) in [5.74, 6) is 0.773. The first-order valence-electron chi connectivity index (χ1n) is 15.8. The maximum absolute atomic E-state index is 13.1. The number of thioether (sulfide) groups is 1. The molecule has 7 rings (SSSR count). The third-order valence-electron chi connectivity index (χ3n) is 10.4. The molecule has 3 fully saturated rings. The highest BCUT2D eigenvalue weighted by Gasteiger charge is 2.42. The minimum atomic E-state index is -0.566. The van der Waals surface area contributed by atoms with Gasteiger partial charge < -0.3 is 4.90 Å². The highest BCUT2D eigenvalue weighted by Crippen LogP contribution is 2.47. The Morgan fingerprint density at radius 2 is 1.74 bits per heavy atom. The SMILES string of the molecule is CC1(C)CCC(CN2CC3CC(Sc4ccc5c(c4)CN(C4CCC(=O)NC4=O)C5=O)CC3C2)=C(c2ccc(Cl)cc2)C1. The number of nitrogens with zero attached hydrogens (tertiary/aromatic N) is 2. The molecule has 1 N–H and O–H groups in total. The number of allylic oxidation sites excluding steroid dienone is 1. The van der Waals surface area contributed by atoms with Gasteiger partial charge in [-0.3, -0.25) is 24.6 Å². The number of hydrogen-bond acceptors (Lipinski definition) is 5. The number of imide groups is 1. The van der Waals surface area contributed by atoms with Crippen molar-refractivity contribution < 1.29 is 14.4 Å². The lowest BCUT2D eigenvalue weighted by molar-refractivity contribution is -0.136. The average molecular weight is 618 g/mol. The predicted octanol–water partition coefficient (Wildman–Crippen LogP) is 6.57. The monoisotopic (exact) mass is 617 g/mol. The molecule has 2 saturated heterocycles. The number of likely N-dealkylation sites (tertiary alicyclic amines) is 1. The number of amides is 3. The van der Waals surface area contributed by atoms with Gasteiger partial charge in [-0.25, -0.2) is 0 Å². The maximum atomic E-state index is 13.1. The van der Waals surface area contributed by atoms with Crippen molar-refractivity contribution in [2.45, 2.75) is 81.5 Å². The van der Waals surface area contributed by atoms with Crippen molar-refractivity contribution in [1.29, 1.82) is 0 Å². The first kappa shape index (κ1) is 29.1. The Balaban J connectivity index is 0.968. The van der Waals surface area contributed by atoms with Crippen LogP contribution in [0.25, 0.3) is 5.57 Å². The van der Waals surface area contributed by atoms with E-state index in [9.17, 15) is 14.4 Å². The van der Waals surface area contributed by atoms with Crippen LogP contribution in [0.5, 0.6) is 0 Å². The highest BCUT2D eigenvalue weighted by atomic mass is 35.5. The molecule has 2 aromatic carbocycles. The van der Waals surface area contributed by atoms with E-state index in [2.05, 4.69) is 48.3 Å². The van der Waals surface area contributed by atoms with E-state index in [0.717, 1.165) is 35.4 Å². The Bertz CT molecular complexity index is 1490. The molecular formula is C35H40ClN3O3S. The van der Waals surface area contributed by atoms with Crippen molar-refractivity contribution in [3.8, 4) is 0 Å². The molecule has 3 heterocycles. The summed E-state index contributed by atoms with van der Waals surface area (Å²) in [6.45, 7) is 8.67. The minimum absolute atomic E-state index is 0.104. The number of nitrogens with one attached hydrogen (secondary N) is 1. The van der Waals surface area contributed by atoms with E-state index >= 15 is 0 Å². The zero-order chi connectivity index (χ0) is 29.9. The average Bonchev–Trinajstić information content (AvgIpc) is 3.61. The number of carbonyl (C=O) groups excluding carboxylic acids is 3. The van der Waals surface area contributed by atoms with Gasteiger partial charge in [0, 0.05) is 53.3 Å². The smallest absolute Gasteiger partial charge is 0.255 e. The van der Waals surface area contributed by atoms with E-state index in [0.29, 0.717) is 29.2 Å². The van der Waals surface area contributed by atoms with Crippen LogP contribution in [-0.2, 0) is 16.1 Å². The number of halogens is 1. The molecule has 3 amide bonds. The second-order valence-corrected chi connectivity index (χ2v) is 15.9. The second kappa shape index (κ2) is 11.4. The van der Waals surface area contributed by atoms with Gasteiger partial charge >= 0.3 is 0 Å². The molecule has 0 bridgehead atoms. The molecule has 2 aliphatic carbocycles. The van der Waals surface area contributed by atoms with Gasteiger partial charge in [0.1, 0.15) is 6.04 Å². The first-order chi connectivity index (χ1) is 20.6. The predicted molar refractivity (Wildman–Crippen MR) is 171 cm³/mol. The molecule has 8 heteroatoms. The molecule has 226 valence electrons. The van der Waals surface area contributed by atoms with Crippen molar-refractivity contribution in [1.82, 2.24) is 15.1 Å². The van der Waals surface area contributed by atoms with Crippen LogP contribution >= 0.6 is 23.4 Å². The van der Waals surface area contributed by atoms with Crippen LogP contribution in [0.4, 0.5) is 0 Å². The Morgan fingerprint density at radius 1 is 1.00 bits per heavy atom. The highest BCUT2D eigenvalue weighted by molar-refractivity contribution is 8.00.